The first-order chi connectivity index (χ1) is 12.6. The average Bonchev–Trinajstić information content (AvgIpc) is 3.16. The number of rotatable bonds is 4. The summed E-state index contributed by atoms with van der Waals surface area (Å²) in [6.45, 7) is 6.26. The van der Waals surface area contributed by atoms with Crippen molar-refractivity contribution in [3.05, 3.63) is 42.0 Å². The van der Waals surface area contributed by atoms with Crippen LogP contribution < -0.4 is 4.90 Å². The maximum atomic E-state index is 12.9. The minimum absolute atomic E-state index is 0.136. The lowest BCUT2D eigenvalue weighted by Crippen LogP contribution is -2.43. The van der Waals surface area contributed by atoms with Gasteiger partial charge in [0.2, 0.25) is 5.91 Å². The van der Waals surface area contributed by atoms with E-state index in [2.05, 4.69) is 6.58 Å². The van der Waals surface area contributed by atoms with Crippen molar-refractivity contribution >= 4 is 35.2 Å². The second kappa shape index (κ2) is 7.95. The standard InChI is InChI=1S/C19H22N2O4S/c1-3-17(22)20-9-5-6-13-10-14(7-8-15(13)20)18(23)21-12-26-11-16(21)19(24)25-4-2/h3,7-8,10,16H,1,4-6,9,11-12H2,2H3. The number of hydrogen-bond donors (Lipinski definition) is 0. The third-order valence-corrected chi connectivity index (χ3v) is 5.60. The third-order valence-electron chi connectivity index (χ3n) is 4.59. The lowest BCUT2D eigenvalue weighted by Gasteiger charge is -2.29. The molecule has 0 spiro atoms. The molecule has 2 heterocycles. The van der Waals surface area contributed by atoms with Crippen molar-refractivity contribution in [3.8, 4) is 0 Å². The molecule has 3 rings (SSSR count). The minimum Gasteiger partial charge on any atom is -0.464 e. The number of esters is 1. The van der Waals surface area contributed by atoms with Crippen LogP contribution in [0.1, 0.15) is 29.3 Å². The van der Waals surface area contributed by atoms with E-state index in [9.17, 15) is 14.4 Å². The summed E-state index contributed by atoms with van der Waals surface area (Å²) in [5.74, 6) is 0.357. The molecule has 138 valence electrons. The Morgan fingerprint density at radius 2 is 2.19 bits per heavy atom. The Hall–Kier alpha value is -2.28. The van der Waals surface area contributed by atoms with Crippen LogP contribution in [0.2, 0.25) is 0 Å². The molecule has 2 amide bonds. The van der Waals surface area contributed by atoms with E-state index in [0.717, 1.165) is 24.1 Å². The fourth-order valence-electron chi connectivity index (χ4n) is 3.31. The highest BCUT2D eigenvalue weighted by atomic mass is 32.2. The van der Waals surface area contributed by atoms with Crippen LogP contribution in [0.25, 0.3) is 0 Å². The number of carbonyl (C=O) groups is 3. The van der Waals surface area contributed by atoms with Crippen LogP contribution in [0.3, 0.4) is 0 Å². The molecule has 0 aromatic heterocycles. The van der Waals surface area contributed by atoms with E-state index in [-0.39, 0.29) is 17.8 Å². The monoisotopic (exact) mass is 374 g/mol. The number of anilines is 1. The summed E-state index contributed by atoms with van der Waals surface area (Å²) in [4.78, 5) is 40.3. The van der Waals surface area contributed by atoms with E-state index in [4.69, 9.17) is 4.74 Å². The number of hydrogen-bond acceptors (Lipinski definition) is 5. The van der Waals surface area contributed by atoms with Crippen LogP contribution in [0.15, 0.2) is 30.9 Å². The maximum Gasteiger partial charge on any atom is 0.329 e. The molecule has 1 unspecified atom stereocenters. The zero-order chi connectivity index (χ0) is 18.7. The van der Waals surface area contributed by atoms with Crippen LogP contribution in [-0.2, 0) is 20.7 Å². The molecule has 1 fully saturated rings. The van der Waals surface area contributed by atoms with E-state index in [1.54, 1.807) is 34.6 Å². The molecule has 0 aliphatic carbocycles. The van der Waals surface area contributed by atoms with Gasteiger partial charge in [0, 0.05) is 23.5 Å². The number of nitrogens with zero attached hydrogens (tertiary/aromatic N) is 2. The number of benzene rings is 1. The van der Waals surface area contributed by atoms with Crippen LogP contribution in [0.5, 0.6) is 0 Å². The van der Waals surface area contributed by atoms with Gasteiger partial charge in [-0.3, -0.25) is 9.59 Å². The molecule has 0 saturated carbocycles. The normalized spacial score (nSPS) is 19.0. The van der Waals surface area contributed by atoms with E-state index in [1.807, 2.05) is 12.1 Å². The van der Waals surface area contributed by atoms with Crippen molar-refractivity contribution in [3.63, 3.8) is 0 Å². The highest BCUT2D eigenvalue weighted by Crippen LogP contribution is 2.30. The quantitative estimate of drug-likeness (QED) is 0.597. The van der Waals surface area contributed by atoms with Crippen molar-refractivity contribution < 1.29 is 19.1 Å². The molecule has 26 heavy (non-hydrogen) atoms. The first-order valence-electron chi connectivity index (χ1n) is 8.69. The van der Waals surface area contributed by atoms with Crippen LogP contribution >= 0.6 is 11.8 Å². The Labute approximate surface area is 157 Å². The van der Waals surface area contributed by atoms with E-state index in [1.165, 1.54) is 6.08 Å². The molecule has 1 aromatic rings. The second-order valence-electron chi connectivity index (χ2n) is 6.18. The zero-order valence-corrected chi connectivity index (χ0v) is 15.6. The van der Waals surface area contributed by atoms with Crippen LogP contribution in [-0.4, -0.2) is 53.5 Å². The molecule has 1 atom stereocenters. The zero-order valence-electron chi connectivity index (χ0n) is 14.8. The number of aryl methyl sites for hydroxylation is 1. The first-order valence-corrected chi connectivity index (χ1v) is 9.84. The summed E-state index contributed by atoms with van der Waals surface area (Å²) in [7, 11) is 0. The van der Waals surface area contributed by atoms with E-state index in [0.29, 0.717) is 30.3 Å². The Balaban J connectivity index is 1.84. The summed E-state index contributed by atoms with van der Waals surface area (Å²) < 4.78 is 5.09. The van der Waals surface area contributed by atoms with Crippen molar-refractivity contribution in [2.75, 3.05) is 29.7 Å². The van der Waals surface area contributed by atoms with Gasteiger partial charge in [-0.05, 0) is 49.6 Å². The summed E-state index contributed by atoms with van der Waals surface area (Å²) in [5.41, 5.74) is 2.33. The van der Waals surface area contributed by atoms with Gasteiger partial charge in [0.25, 0.3) is 5.91 Å². The number of ether oxygens (including phenoxy) is 1. The Morgan fingerprint density at radius 1 is 1.38 bits per heavy atom. The van der Waals surface area contributed by atoms with Crippen LogP contribution in [0.4, 0.5) is 5.69 Å². The third kappa shape index (κ3) is 3.49. The summed E-state index contributed by atoms with van der Waals surface area (Å²) >= 11 is 1.54. The molecular weight excluding hydrogens is 352 g/mol. The number of thioether (sulfide) groups is 1. The average molecular weight is 374 g/mol. The summed E-state index contributed by atoms with van der Waals surface area (Å²) in [6.07, 6.45) is 2.96. The summed E-state index contributed by atoms with van der Waals surface area (Å²) in [5, 5.41) is 0. The van der Waals surface area contributed by atoms with Crippen molar-refractivity contribution in [1.29, 1.82) is 0 Å². The van der Waals surface area contributed by atoms with Gasteiger partial charge in [-0.15, -0.1) is 11.8 Å². The maximum absolute atomic E-state index is 12.9. The Kier molecular flexibility index (Phi) is 5.66. The largest absolute Gasteiger partial charge is 0.464 e. The highest BCUT2D eigenvalue weighted by molar-refractivity contribution is 7.99. The van der Waals surface area contributed by atoms with Crippen LogP contribution in [0, 0.1) is 0 Å². The van der Waals surface area contributed by atoms with Crippen molar-refractivity contribution in [2.24, 2.45) is 0 Å². The van der Waals surface area contributed by atoms with Gasteiger partial charge in [-0.25, -0.2) is 4.79 Å². The number of carbonyl (C=O) groups excluding carboxylic acids is 3. The van der Waals surface area contributed by atoms with E-state index < -0.39 is 6.04 Å². The molecule has 0 N–H and O–H groups in total. The highest BCUT2D eigenvalue weighted by Gasteiger charge is 2.36. The fourth-order valence-corrected chi connectivity index (χ4v) is 4.45. The molecule has 0 radical (unpaired) electrons. The molecule has 2 aliphatic heterocycles. The van der Waals surface area contributed by atoms with Gasteiger partial charge in [-0.2, -0.15) is 0 Å². The predicted octanol–water partition coefficient (Wildman–Crippen LogP) is 2.23. The molecule has 1 aromatic carbocycles. The molecule has 6 nitrogen and oxygen atoms in total. The minimum atomic E-state index is -0.540. The van der Waals surface area contributed by atoms with Gasteiger partial charge >= 0.3 is 5.97 Å². The summed E-state index contributed by atoms with van der Waals surface area (Å²) in [6, 6.07) is 4.83. The van der Waals surface area contributed by atoms with Gasteiger partial charge in [0.05, 0.1) is 12.5 Å². The number of fused-ring (bicyclic) bond motifs is 1. The van der Waals surface area contributed by atoms with Crippen molar-refractivity contribution in [2.45, 2.75) is 25.8 Å². The topological polar surface area (TPSA) is 66.9 Å². The van der Waals surface area contributed by atoms with Gasteiger partial charge < -0.3 is 14.5 Å². The molecule has 0 bridgehead atoms. The van der Waals surface area contributed by atoms with Gasteiger partial charge in [0.15, 0.2) is 0 Å². The second-order valence-corrected chi connectivity index (χ2v) is 7.18. The van der Waals surface area contributed by atoms with Crippen molar-refractivity contribution in [1.82, 2.24) is 4.90 Å². The molecule has 1 saturated heterocycles. The molecular formula is C19H22N2O4S. The SMILES string of the molecule is C=CC(=O)N1CCCc2cc(C(=O)N3CSCC3C(=O)OCC)ccc21. The number of amides is 2. The molecule has 2 aliphatic rings. The first kappa shape index (κ1) is 18.5. The molecule has 7 heteroatoms. The van der Waals surface area contributed by atoms with Gasteiger partial charge in [0.1, 0.15) is 6.04 Å². The van der Waals surface area contributed by atoms with Gasteiger partial charge in [-0.1, -0.05) is 6.58 Å². The Morgan fingerprint density at radius 3 is 2.92 bits per heavy atom. The predicted molar refractivity (Wildman–Crippen MR) is 101 cm³/mol. The Bertz CT molecular complexity index is 749. The smallest absolute Gasteiger partial charge is 0.329 e. The lowest BCUT2D eigenvalue weighted by molar-refractivity contribution is -0.147. The lowest BCUT2D eigenvalue weighted by atomic mass is 9.98. The van der Waals surface area contributed by atoms with E-state index >= 15 is 0 Å². The fraction of sp³-hybridized carbons (Fsp3) is 0.421.